The Morgan fingerprint density at radius 3 is 1.92 bits per heavy atom. The highest BCUT2D eigenvalue weighted by Gasteiger charge is 2.25. The van der Waals surface area contributed by atoms with E-state index in [4.69, 9.17) is 4.74 Å². The third-order valence-corrected chi connectivity index (χ3v) is 4.15. The van der Waals surface area contributed by atoms with Crippen LogP contribution >= 0.6 is 0 Å². The zero-order valence-corrected chi connectivity index (χ0v) is 15.8. The van der Waals surface area contributed by atoms with Gasteiger partial charge in [0, 0.05) is 11.3 Å². The van der Waals surface area contributed by atoms with Gasteiger partial charge in [0.05, 0.1) is 12.8 Å². The fraction of sp³-hybridized carbons (Fsp3) is 0.429. The molecule has 0 radical (unpaired) electrons. The largest absolute Gasteiger partial charge is 0.505 e. The van der Waals surface area contributed by atoms with Crippen LogP contribution in [0.25, 0.3) is 0 Å². The van der Waals surface area contributed by atoms with Crippen LogP contribution in [-0.4, -0.2) is 12.2 Å². The average molecular weight is 327 g/mol. The molecule has 0 aromatic heterocycles. The number of phenols is 1. The highest BCUT2D eigenvalue weighted by atomic mass is 16.5. The number of benzene rings is 2. The van der Waals surface area contributed by atoms with Gasteiger partial charge in [-0.2, -0.15) is 0 Å². The summed E-state index contributed by atoms with van der Waals surface area (Å²) in [6.45, 7) is 12.9. The molecular formula is C21H29NO2. The minimum atomic E-state index is -0.137. The summed E-state index contributed by atoms with van der Waals surface area (Å²) in [6, 6.07) is 11.8. The van der Waals surface area contributed by atoms with Gasteiger partial charge in [0.1, 0.15) is 11.5 Å². The Balaban J connectivity index is 2.51. The molecule has 2 N–H and O–H groups in total. The van der Waals surface area contributed by atoms with E-state index in [-0.39, 0.29) is 10.8 Å². The molecule has 0 heterocycles. The molecule has 0 unspecified atom stereocenters. The van der Waals surface area contributed by atoms with Crippen molar-refractivity contribution in [3.05, 3.63) is 47.5 Å². The zero-order valence-electron chi connectivity index (χ0n) is 15.8. The number of rotatable bonds is 3. The first kappa shape index (κ1) is 18.2. The summed E-state index contributed by atoms with van der Waals surface area (Å²) in [5, 5.41) is 14.1. The quantitative estimate of drug-likeness (QED) is 0.706. The second-order valence-corrected chi connectivity index (χ2v) is 8.27. The van der Waals surface area contributed by atoms with Crippen molar-refractivity contribution in [2.45, 2.75) is 52.4 Å². The molecule has 0 aliphatic rings. The van der Waals surface area contributed by atoms with Gasteiger partial charge in [-0.05, 0) is 46.7 Å². The van der Waals surface area contributed by atoms with Crippen LogP contribution in [-0.2, 0) is 10.8 Å². The van der Waals surface area contributed by atoms with Crippen LogP contribution in [0.5, 0.6) is 11.5 Å². The first-order valence-corrected chi connectivity index (χ1v) is 8.31. The SMILES string of the molecule is COc1ccc(Nc2cc(C(C)(C)C)cc(C(C)(C)C)c2O)cc1. The van der Waals surface area contributed by atoms with Crippen LogP contribution in [0.15, 0.2) is 36.4 Å². The lowest BCUT2D eigenvalue weighted by molar-refractivity contribution is 0.415. The van der Waals surface area contributed by atoms with Crippen LogP contribution < -0.4 is 10.1 Å². The van der Waals surface area contributed by atoms with Gasteiger partial charge in [-0.1, -0.05) is 47.6 Å². The van der Waals surface area contributed by atoms with Gasteiger partial charge >= 0.3 is 0 Å². The molecule has 2 aromatic rings. The molecule has 24 heavy (non-hydrogen) atoms. The van der Waals surface area contributed by atoms with Gasteiger partial charge < -0.3 is 15.2 Å². The van der Waals surface area contributed by atoms with Crippen molar-refractivity contribution >= 4 is 11.4 Å². The van der Waals surface area contributed by atoms with E-state index in [1.165, 1.54) is 5.56 Å². The Hall–Kier alpha value is -2.16. The molecule has 0 spiro atoms. The van der Waals surface area contributed by atoms with E-state index < -0.39 is 0 Å². The van der Waals surface area contributed by atoms with E-state index in [0.29, 0.717) is 5.75 Å². The molecule has 0 amide bonds. The molecule has 0 aliphatic heterocycles. The predicted octanol–water partition coefficient (Wildman–Crippen LogP) is 5.74. The predicted molar refractivity (Wildman–Crippen MR) is 102 cm³/mol. The molecule has 0 aliphatic carbocycles. The van der Waals surface area contributed by atoms with Crippen molar-refractivity contribution in [2.75, 3.05) is 12.4 Å². The fourth-order valence-corrected chi connectivity index (χ4v) is 2.56. The standard InChI is InChI=1S/C21H29NO2/c1-20(2,3)14-12-17(21(4,5)6)19(23)18(13-14)22-15-8-10-16(24-7)11-9-15/h8-13,22-23H,1-7H3. The van der Waals surface area contributed by atoms with E-state index in [0.717, 1.165) is 22.7 Å². The van der Waals surface area contributed by atoms with Crippen molar-refractivity contribution in [3.8, 4) is 11.5 Å². The van der Waals surface area contributed by atoms with E-state index in [2.05, 4.69) is 52.9 Å². The average Bonchev–Trinajstić information content (AvgIpc) is 2.47. The lowest BCUT2D eigenvalue weighted by Crippen LogP contribution is -2.17. The van der Waals surface area contributed by atoms with E-state index in [1.807, 2.05) is 30.3 Å². The van der Waals surface area contributed by atoms with Crippen LogP contribution in [0.4, 0.5) is 11.4 Å². The van der Waals surface area contributed by atoms with E-state index in [1.54, 1.807) is 7.11 Å². The molecule has 2 rings (SSSR count). The topological polar surface area (TPSA) is 41.5 Å². The van der Waals surface area contributed by atoms with Crippen LogP contribution in [0.3, 0.4) is 0 Å². The summed E-state index contributed by atoms with van der Waals surface area (Å²) in [7, 11) is 1.65. The first-order chi connectivity index (χ1) is 11.0. The summed E-state index contributed by atoms with van der Waals surface area (Å²) in [4.78, 5) is 0. The number of nitrogens with one attached hydrogen (secondary N) is 1. The maximum Gasteiger partial charge on any atom is 0.142 e. The number of hydrogen-bond acceptors (Lipinski definition) is 3. The maximum atomic E-state index is 10.8. The molecule has 2 aromatic carbocycles. The van der Waals surface area contributed by atoms with Gasteiger partial charge in [-0.25, -0.2) is 0 Å². The molecule has 3 heteroatoms. The van der Waals surface area contributed by atoms with Crippen molar-refractivity contribution in [1.82, 2.24) is 0 Å². The van der Waals surface area contributed by atoms with Gasteiger partial charge in [0.15, 0.2) is 0 Å². The third-order valence-electron chi connectivity index (χ3n) is 4.15. The molecule has 0 saturated heterocycles. The Morgan fingerprint density at radius 1 is 0.875 bits per heavy atom. The molecule has 0 atom stereocenters. The lowest BCUT2D eigenvalue weighted by Gasteiger charge is -2.27. The summed E-state index contributed by atoms with van der Waals surface area (Å²) in [5.41, 5.74) is 3.66. The zero-order chi connectivity index (χ0) is 18.1. The van der Waals surface area contributed by atoms with E-state index >= 15 is 0 Å². The highest BCUT2D eigenvalue weighted by Crippen LogP contribution is 2.41. The third kappa shape index (κ3) is 4.02. The summed E-state index contributed by atoms with van der Waals surface area (Å²) >= 11 is 0. The number of methoxy groups -OCH3 is 1. The first-order valence-electron chi connectivity index (χ1n) is 8.31. The summed E-state index contributed by atoms with van der Waals surface area (Å²) in [5.74, 6) is 1.12. The molecule has 0 fully saturated rings. The lowest BCUT2D eigenvalue weighted by atomic mass is 9.79. The van der Waals surface area contributed by atoms with Gasteiger partial charge in [0.25, 0.3) is 0 Å². The molecule has 0 saturated carbocycles. The smallest absolute Gasteiger partial charge is 0.142 e. The van der Waals surface area contributed by atoms with E-state index in [9.17, 15) is 5.11 Å². The molecule has 130 valence electrons. The fourth-order valence-electron chi connectivity index (χ4n) is 2.56. The number of ether oxygens (including phenoxy) is 1. The van der Waals surface area contributed by atoms with Crippen molar-refractivity contribution in [3.63, 3.8) is 0 Å². The molecular weight excluding hydrogens is 298 g/mol. The number of hydrogen-bond donors (Lipinski definition) is 2. The van der Waals surface area contributed by atoms with Gasteiger partial charge in [-0.15, -0.1) is 0 Å². The second-order valence-electron chi connectivity index (χ2n) is 8.27. The monoisotopic (exact) mass is 327 g/mol. The molecule has 3 nitrogen and oxygen atoms in total. The Bertz CT molecular complexity index is 704. The molecule has 0 bridgehead atoms. The second kappa shape index (κ2) is 6.39. The van der Waals surface area contributed by atoms with Crippen molar-refractivity contribution in [1.29, 1.82) is 0 Å². The Labute approximate surface area is 145 Å². The number of phenolic OH excluding ortho intramolecular Hbond substituents is 1. The van der Waals surface area contributed by atoms with Gasteiger partial charge in [0.2, 0.25) is 0 Å². The van der Waals surface area contributed by atoms with Crippen LogP contribution in [0.2, 0.25) is 0 Å². The van der Waals surface area contributed by atoms with Crippen molar-refractivity contribution in [2.24, 2.45) is 0 Å². The van der Waals surface area contributed by atoms with Crippen LogP contribution in [0, 0.1) is 0 Å². The normalized spacial score (nSPS) is 12.1. The Morgan fingerprint density at radius 2 is 1.46 bits per heavy atom. The minimum absolute atomic E-state index is 0.00401. The van der Waals surface area contributed by atoms with Crippen LogP contribution in [0.1, 0.15) is 52.7 Å². The summed E-state index contributed by atoms with van der Waals surface area (Å²) < 4.78 is 5.19. The van der Waals surface area contributed by atoms with Crippen molar-refractivity contribution < 1.29 is 9.84 Å². The van der Waals surface area contributed by atoms with Gasteiger partial charge in [-0.3, -0.25) is 0 Å². The minimum Gasteiger partial charge on any atom is -0.505 e. The summed E-state index contributed by atoms with van der Waals surface area (Å²) in [6.07, 6.45) is 0. The maximum absolute atomic E-state index is 10.8. The number of anilines is 2. The Kier molecular flexibility index (Phi) is 4.84. The number of aromatic hydroxyl groups is 1. The highest BCUT2D eigenvalue weighted by molar-refractivity contribution is 5.70.